The molecule has 102 valence electrons. The number of aldehydes is 1. The molecule has 0 heterocycles. The van der Waals surface area contributed by atoms with Crippen molar-refractivity contribution in [1.82, 2.24) is 0 Å². The maximum atomic E-state index is 10.7. The van der Waals surface area contributed by atoms with Crippen molar-refractivity contribution in [3.63, 3.8) is 0 Å². The smallest absolute Gasteiger partial charge is 0.303 e. The molecule has 7 heteroatoms. The van der Waals surface area contributed by atoms with Crippen molar-refractivity contribution in [1.29, 1.82) is 0 Å². The van der Waals surface area contributed by atoms with Crippen LogP contribution in [0.3, 0.4) is 0 Å². The number of aliphatic carboxylic acids is 1. The lowest BCUT2D eigenvalue weighted by Gasteiger charge is -2.06. The molecule has 0 aromatic heterocycles. The number of carboxylic acid groups (broad SMARTS) is 1. The van der Waals surface area contributed by atoms with E-state index in [4.69, 9.17) is 9.84 Å². The van der Waals surface area contributed by atoms with Gasteiger partial charge in [0.2, 0.25) is 0 Å². The molecule has 0 spiro atoms. The Morgan fingerprint density at radius 2 is 2.16 bits per heavy atom. The third-order valence-electron chi connectivity index (χ3n) is 2.38. The van der Waals surface area contributed by atoms with E-state index in [0.29, 0.717) is 31.5 Å². The van der Waals surface area contributed by atoms with E-state index in [1.807, 2.05) is 0 Å². The number of nitro benzene ring substituents is 1. The molecule has 1 aromatic carbocycles. The van der Waals surface area contributed by atoms with Gasteiger partial charge in [0.05, 0.1) is 17.1 Å². The van der Waals surface area contributed by atoms with E-state index in [1.165, 1.54) is 18.2 Å². The summed E-state index contributed by atoms with van der Waals surface area (Å²) in [5.41, 5.74) is -0.318. The molecule has 0 radical (unpaired) electrons. The number of carbonyl (C=O) groups is 2. The predicted octanol–water partition coefficient (Wildman–Crippen LogP) is 2.04. The monoisotopic (exact) mass is 267 g/mol. The fraction of sp³-hybridized carbons (Fsp3) is 0.333. The highest BCUT2D eigenvalue weighted by molar-refractivity contribution is 5.82. The topological polar surface area (TPSA) is 107 Å². The molecule has 0 saturated heterocycles. The highest BCUT2D eigenvalue weighted by Crippen LogP contribution is 2.22. The molecule has 0 saturated carbocycles. The standard InChI is InChI=1S/C12H13NO6/c14-8-9-7-10(4-5-11(9)13(17)18)19-6-2-1-3-12(15)16/h4-5,7-8H,1-3,6H2,(H,15,16). The van der Waals surface area contributed by atoms with Gasteiger partial charge in [-0.2, -0.15) is 0 Å². The first-order chi connectivity index (χ1) is 9.04. The Morgan fingerprint density at radius 1 is 1.42 bits per heavy atom. The zero-order chi connectivity index (χ0) is 14.3. The van der Waals surface area contributed by atoms with Crippen LogP contribution >= 0.6 is 0 Å². The van der Waals surface area contributed by atoms with Crippen molar-refractivity contribution in [2.24, 2.45) is 0 Å². The van der Waals surface area contributed by atoms with Crippen LogP contribution in [0.15, 0.2) is 18.2 Å². The number of carboxylic acids is 1. The number of hydrogen-bond donors (Lipinski definition) is 1. The third-order valence-corrected chi connectivity index (χ3v) is 2.38. The van der Waals surface area contributed by atoms with Gasteiger partial charge in [-0.3, -0.25) is 19.7 Å². The van der Waals surface area contributed by atoms with Crippen LogP contribution in [0.5, 0.6) is 5.75 Å². The quantitative estimate of drug-likeness (QED) is 0.334. The average Bonchev–Trinajstić information content (AvgIpc) is 2.37. The zero-order valence-electron chi connectivity index (χ0n) is 10.1. The second-order valence-electron chi connectivity index (χ2n) is 3.79. The van der Waals surface area contributed by atoms with Gasteiger partial charge in [-0.25, -0.2) is 0 Å². The molecular formula is C12H13NO6. The first kappa shape index (κ1) is 14.6. The molecule has 1 N–H and O–H groups in total. The molecule has 0 bridgehead atoms. The van der Waals surface area contributed by atoms with Crippen LogP contribution in [0.2, 0.25) is 0 Å². The maximum absolute atomic E-state index is 10.7. The second-order valence-corrected chi connectivity index (χ2v) is 3.79. The number of carbonyl (C=O) groups excluding carboxylic acids is 1. The van der Waals surface area contributed by atoms with Crippen molar-refractivity contribution < 1.29 is 24.4 Å². The number of benzene rings is 1. The van der Waals surface area contributed by atoms with Gasteiger partial charge in [-0.1, -0.05) is 0 Å². The Labute approximate surface area is 109 Å². The van der Waals surface area contributed by atoms with E-state index >= 15 is 0 Å². The minimum atomic E-state index is -0.862. The Hall–Kier alpha value is -2.44. The third kappa shape index (κ3) is 4.74. The summed E-state index contributed by atoms with van der Waals surface area (Å²) in [7, 11) is 0. The number of nitrogens with zero attached hydrogens (tertiary/aromatic N) is 1. The van der Waals surface area contributed by atoms with Crippen LogP contribution in [-0.4, -0.2) is 28.9 Å². The summed E-state index contributed by atoms with van der Waals surface area (Å²) in [5.74, 6) is -0.512. The molecule has 1 aromatic rings. The number of rotatable bonds is 8. The van der Waals surface area contributed by atoms with E-state index in [2.05, 4.69) is 0 Å². The van der Waals surface area contributed by atoms with Gasteiger partial charge in [-0.15, -0.1) is 0 Å². The van der Waals surface area contributed by atoms with Crippen molar-refractivity contribution >= 4 is 17.9 Å². The van der Waals surface area contributed by atoms with Gasteiger partial charge in [0.15, 0.2) is 6.29 Å². The Kier molecular flexibility index (Phi) is 5.46. The molecule has 7 nitrogen and oxygen atoms in total. The normalized spacial score (nSPS) is 9.89. The van der Waals surface area contributed by atoms with Gasteiger partial charge in [0.1, 0.15) is 5.75 Å². The predicted molar refractivity (Wildman–Crippen MR) is 65.5 cm³/mol. The molecule has 0 aliphatic heterocycles. The highest BCUT2D eigenvalue weighted by Gasteiger charge is 2.13. The summed E-state index contributed by atoms with van der Waals surface area (Å²) in [6, 6.07) is 3.90. The summed E-state index contributed by atoms with van der Waals surface area (Å²) >= 11 is 0. The molecule has 19 heavy (non-hydrogen) atoms. The summed E-state index contributed by atoms with van der Waals surface area (Å²) in [4.78, 5) is 31.0. The van der Waals surface area contributed by atoms with E-state index in [9.17, 15) is 19.7 Å². The van der Waals surface area contributed by atoms with Crippen LogP contribution in [0.25, 0.3) is 0 Å². The molecular weight excluding hydrogens is 254 g/mol. The van der Waals surface area contributed by atoms with Crippen LogP contribution in [0.4, 0.5) is 5.69 Å². The summed E-state index contributed by atoms with van der Waals surface area (Å²) < 4.78 is 5.29. The van der Waals surface area contributed by atoms with E-state index < -0.39 is 10.9 Å². The summed E-state index contributed by atoms with van der Waals surface area (Å²) in [6.07, 6.45) is 1.52. The van der Waals surface area contributed by atoms with Crippen LogP contribution < -0.4 is 4.74 Å². The lowest BCUT2D eigenvalue weighted by molar-refractivity contribution is -0.385. The number of unbranched alkanes of at least 4 members (excludes halogenated alkanes) is 1. The SMILES string of the molecule is O=Cc1cc(OCCCCC(=O)O)ccc1[N+](=O)[O-]. The molecule has 0 aliphatic rings. The Bertz CT molecular complexity index is 485. The molecule has 0 aliphatic carbocycles. The van der Waals surface area contributed by atoms with Gasteiger partial charge in [-0.05, 0) is 25.0 Å². The molecule has 0 atom stereocenters. The number of nitro groups is 1. The van der Waals surface area contributed by atoms with E-state index in [1.54, 1.807) is 0 Å². The first-order valence-corrected chi connectivity index (χ1v) is 5.63. The van der Waals surface area contributed by atoms with Crippen molar-refractivity contribution in [2.75, 3.05) is 6.61 Å². The van der Waals surface area contributed by atoms with Crippen molar-refractivity contribution in [3.05, 3.63) is 33.9 Å². The number of ether oxygens (including phenoxy) is 1. The summed E-state index contributed by atoms with van der Waals surface area (Å²) in [6.45, 7) is 0.295. The van der Waals surface area contributed by atoms with Gasteiger partial charge >= 0.3 is 5.97 Å². The summed E-state index contributed by atoms with van der Waals surface area (Å²) in [5, 5.41) is 19.0. The second kappa shape index (κ2) is 7.10. The minimum absolute atomic E-state index is 0.0481. The molecule has 0 fully saturated rings. The first-order valence-electron chi connectivity index (χ1n) is 5.63. The lowest BCUT2D eigenvalue weighted by Crippen LogP contribution is -2.01. The van der Waals surface area contributed by atoms with Crippen molar-refractivity contribution in [3.8, 4) is 5.75 Å². The molecule has 1 rings (SSSR count). The Morgan fingerprint density at radius 3 is 2.74 bits per heavy atom. The van der Waals surface area contributed by atoms with Gasteiger partial charge in [0.25, 0.3) is 5.69 Å². The van der Waals surface area contributed by atoms with E-state index in [-0.39, 0.29) is 17.7 Å². The minimum Gasteiger partial charge on any atom is -0.494 e. The zero-order valence-corrected chi connectivity index (χ0v) is 10.1. The van der Waals surface area contributed by atoms with Crippen LogP contribution in [0.1, 0.15) is 29.6 Å². The lowest BCUT2D eigenvalue weighted by atomic mass is 10.2. The van der Waals surface area contributed by atoms with Gasteiger partial charge in [0, 0.05) is 12.5 Å². The van der Waals surface area contributed by atoms with Gasteiger partial charge < -0.3 is 9.84 Å². The maximum Gasteiger partial charge on any atom is 0.303 e. The largest absolute Gasteiger partial charge is 0.494 e. The van der Waals surface area contributed by atoms with Crippen molar-refractivity contribution in [2.45, 2.75) is 19.3 Å². The highest BCUT2D eigenvalue weighted by atomic mass is 16.6. The number of hydrogen-bond acceptors (Lipinski definition) is 5. The average molecular weight is 267 g/mol. The molecule has 0 amide bonds. The fourth-order valence-electron chi connectivity index (χ4n) is 1.45. The fourth-order valence-corrected chi connectivity index (χ4v) is 1.45. The van der Waals surface area contributed by atoms with E-state index in [0.717, 1.165) is 0 Å². The molecule has 0 unspecified atom stereocenters. The van der Waals surface area contributed by atoms with Crippen LogP contribution in [0, 0.1) is 10.1 Å². The Balaban J connectivity index is 2.53. The van der Waals surface area contributed by atoms with Crippen LogP contribution in [-0.2, 0) is 4.79 Å².